The van der Waals surface area contributed by atoms with Crippen molar-refractivity contribution in [3.63, 3.8) is 0 Å². The summed E-state index contributed by atoms with van der Waals surface area (Å²) in [5, 5.41) is 3.96. The number of halogens is 1. The normalized spacial score (nSPS) is 24.0. The Kier molecular flexibility index (Phi) is 4.12. The van der Waals surface area contributed by atoms with E-state index in [0.29, 0.717) is 9.92 Å². The van der Waals surface area contributed by atoms with Gasteiger partial charge in [-0.1, -0.05) is 41.9 Å². The molecule has 2 heterocycles. The number of nitrogens with one attached hydrogen (secondary N) is 1. The Bertz CT molecular complexity index is 846. The molecule has 1 saturated heterocycles. The summed E-state index contributed by atoms with van der Waals surface area (Å²) in [5.41, 5.74) is 1.82. The summed E-state index contributed by atoms with van der Waals surface area (Å²) in [6.45, 7) is 1.70. The van der Waals surface area contributed by atoms with Gasteiger partial charge in [0.25, 0.3) is 0 Å². The van der Waals surface area contributed by atoms with E-state index < -0.39 is 10.0 Å². The molecule has 0 bridgehead atoms. The second-order valence-electron chi connectivity index (χ2n) is 6.31. The van der Waals surface area contributed by atoms with Gasteiger partial charge in [-0.3, -0.25) is 0 Å². The lowest BCUT2D eigenvalue weighted by molar-refractivity contribution is 0.239. The largest absolute Gasteiger partial charge is 0.317 e. The van der Waals surface area contributed by atoms with E-state index in [1.54, 1.807) is 16.4 Å². The Hall–Kier alpha value is -1.40. The second kappa shape index (κ2) is 6.15. The third kappa shape index (κ3) is 2.56. The molecule has 1 fully saturated rings. The lowest BCUT2D eigenvalue weighted by Gasteiger charge is -2.34. The maximum Gasteiger partial charge on any atom is 0.244 e. The number of piperidine rings is 1. The highest BCUT2D eigenvalue weighted by atomic mass is 35.5. The highest BCUT2D eigenvalue weighted by Gasteiger charge is 2.46. The van der Waals surface area contributed by atoms with E-state index >= 15 is 0 Å². The van der Waals surface area contributed by atoms with Crippen LogP contribution in [0.5, 0.6) is 0 Å². The summed E-state index contributed by atoms with van der Waals surface area (Å²) in [6.07, 6.45) is 1.66. The van der Waals surface area contributed by atoms with Crippen molar-refractivity contribution in [2.75, 3.05) is 13.1 Å². The van der Waals surface area contributed by atoms with Crippen molar-refractivity contribution >= 4 is 21.6 Å². The van der Waals surface area contributed by atoms with Crippen LogP contribution in [0.4, 0.5) is 0 Å². The summed E-state index contributed by atoms with van der Waals surface area (Å²) >= 11 is 6.02. The van der Waals surface area contributed by atoms with Gasteiger partial charge in [-0.25, -0.2) is 8.42 Å². The molecule has 2 aliphatic rings. The molecule has 1 N–H and O–H groups in total. The van der Waals surface area contributed by atoms with Crippen LogP contribution >= 0.6 is 11.6 Å². The number of hydrogen-bond donors (Lipinski definition) is 1. The van der Waals surface area contributed by atoms with E-state index in [1.165, 1.54) is 0 Å². The number of rotatable bonds is 2. The maximum atomic E-state index is 13.2. The summed E-state index contributed by atoms with van der Waals surface area (Å²) < 4.78 is 28.2. The van der Waals surface area contributed by atoms with Gasteiger partial charge < -0.3 is 5.32 Å². The first-order valence-electron chi connectivity index (χ1n) is 8.18. The van der Waals surface area contributed by atoms with Crippen LogP contribution in [0.3, 0.4) is 0 Å². The van der Waals surface area contributed by atoms with Crippen LogP contribution in [0, 0.1) is 0 Å². The molecule has 2 aromatic rings. The Labute approximate surface area is 147 Å². The smallest absolute Gasteiger partial charge is 0.244 e. The predicted molar refractivity (Wildman–Crippen MR) is 94.7 cm³/mol. The zero-order chi connectivity index (χ0) is 16.7. The summed E-state index contributed by atoms with van der Waals surface area (Å²) in [6, 6.07) is 14.6. The molecule has 0 radical (unpaired) electrons. The van der Waals surface area contributed by atoms with Gasteiger partial charge in [0.1, 0.15) is 0 Å². The van der Waals surface area contributed by atoms with Crippen LogP contribution in [-0.4, -0.2) is 31.9 Å². The van der Waals surface area contributed by atoms with Crippen LogP contribution in [-0.2, 0) is 10.0 Å². The number of sulfonamides is 1. The number of hydrogen-bond acceptors (Lipinski definition) is 3. The molecule has 2 aliphatic heterocycles. The standard InChI is InChI=1S/C18H19ClN2O2S/c19-14-7-5-13(6-8-14)18-16-3-1-2-4-17(16)24(22,23)21(18)15-9-11-20-12-10-15/h1-8,15,18,20H,9-12H2. The van der Waals surface area contributed by atoms with E-state index in [4.69, 9.17) is 11.6 Å². The summed E-state index contributed by atoms with van der Waals surface area (Å²) in [5.74, 6) is 0. The van der Waals surface area contributed by atoms with Gasteiger partial charge >= 0.3 is 0 Å². The zero-order valence-electron chi connectivity index (χ0n) is 13.2. The fraction of sp³-hybridized carbons (Fsp3) is 0.333. The molecule has 4 rings (SSSR count). The molecule has 126 valence electrons. The Morgan fingerprint density at radius 3 is 2.38 bits per heavy atom. The molecule has 0 saturated carbocycles. The van der Waals surface area contributed by atoms with E-state index in [1.807, 2.05) is 36.4 Å². The number of nitrogens with zero attached hydrogens (tertiary/aromatic N) is 1. The predicted octanol–water partition coefficient (Wildman–Crippen LogP) is 3.19. The van der Waals surface area contributed by atoms with Gasteiger partial charge in [0.05, 0.1) is 10.9 Å². The minimum absolute atomic E-state index is 0.0179. The van der Waals surface area contributed by atoms with Crippen LogP contribution in [0.25, 0.3) is 0 Å². The topological polar surface area (TPSA) is 49.4 Å². The molecule has 24 heavy (non-hydrogen) atoms. The van der Waals surface area contributed by atoms with Crippen molar-refractivity contribution in [1.82, 2.24) is 9.62 Å². The molecule has 1 atom stereocenters. The van der Waals surface area contributed by atoms with Crippen LogP contribution in [0.1, 0.15) is 30.0 Å². The van der Waals surface area contributed by atoms with Crippen molar-refractivity contribution in [2.45, 2.75) is 29.8 Å². The summed E-state index contributed by atoms with van der Waals surface area (Å²) in [7, 11) is -3.48. The van der Waals surface area contributed by atoms with E-state index in [9.17, 15) is 8.42 Å². The van der Waals surface area contributed by atoms with Gasteiger partial charge in [-0.2, -0.15) is 4.31 Å². The Morgan fingerprint density at radius 2 is 1.67 bits per heavy atom. The first-order chi connectivity index (χ1) is 11.6. The fourth-order valence-corrected chi connectivity index (χ4v) is 5.97. The van der Waals surface area contributed by atoms with Gasteiger partial charge in [-0.05, 0) is 55.3 Å². The van der Waals surface area contributed by atoms with Crippen LogP contribution < -0.4 is 5.32 Å². The van der Waals surface area contributed by atoms with Crippen molar-refractivity contribution in [3.05, 3.63) is 64.7 Å². The lowest BCUT2D eigenvalue weighted by atomic mass is 9.96. The first kappa shape index (κ1) is 16.1. The highest BCUT2D eigenvalue weighted by Crippen LogP contribution is 2.45. The quantitative estimate of drug-likeness (QED) is 0.892. The molecule has 6 heteroatoms. The number of benzene rings is 2. The van der Waals surface area contributed by atoms with Gasteiger partial charge in [0, 0.05) is 11.1 Å². The summed E-state index contributed by atoms with van der Waals surface area (Å²) in [4.78, 5) is 0.434. The molecule has 2 aromatic carbocycles. The minimum atomic E-state index is -3.48. The minimum Gasteiger partial charge on any atom is -0.317 e. The molecule has 0 aromatic heterocycles. The first-order valence-corrected chi connectivity index (χ1v) is 9.99. The lowest BCUT2D eigenvalue weighted by Crippen LogP contribution is -2.45. The van der Waals surface area contributed by atoms with Crippen molar-refractivity contribution in [3.8, 4) is 0 Å². The maximum absolute atomic E-state index is 13.2. The third-order valence-electron chi connectivity index (χ3n) is 4.88. The SMILES string of the molecule is O=S1(=O)c2ccccc2C(c2ccc(Cl)cc2)N1C1CCNCC1. The van der Waals surface area contributed by atoms with Crippen molar-refractivity contribution in [1.29, 1.82) is 0 Å². The molecular formula is C18H19ClN2O2S. The molecule has 1 unspecified atom stereocenters. The van der Waals surface area contributed by atoms with Gasteiger partial charge in [-0.15, -0.1) is 0 Å². The van der Waals surface area contributed by atoms with Gasteiger partial charge in [0.2, 0.25) is 10.0 Å². The fourth-order valence-electron chi connectivity index (χ4n) is 3.77. The third-order valence-corrected chi connectivity index (χ3v) is 7.12. The molecular weight excluding hydrogens is 344 g/mol. The van der Waals surface area contributed by atoms with E-state index in [2.05, 4.69) is 5.32 Å². The average Bonchev–Trinajstić information content (AvgIpc) is 2.84. The molecule has 0 spiro atoms. The molecule has 4 nitrogen and oxygen atoms in total. The van der Waals surface area contributed by atoms with Crippen LogP contribution in [0.2, 0.25) is 5.02 Å². The highest BCUT2D eigenvalue weighted by molar-refractivity contribution is 7.89. The second-order valence-corrected chi connectivity index (χ2v) is 8.56. The zero-order valence-corrected chi connectivity index (χ0v) is 14.7. The van der Waals surface area contributed by atoms with Crippen LogP contribution in [0.15, 0.2) is 53.4 Å². The van der Waals surface area contributed by atoms with Crippen molar-refractivity contribution in [2.24, 2.45) is 0 Å². The van der Waals surface area contributed by atoms with E-state index in [-0.39, 0.29) is 12.1 Å². The number of fused-ring (bicyclic) bond motifs is 1. The monoisotopic (exact) mass is 362 g/mol. The average molecular weight is 363 g/mol. The van der Waals surface area contributed by atoms with Crippen molar-refractivity contribution < 1.29 is 8.42 Å². The van der Waals surface area contributed by atoms with Gasteiger partial charge in [0.15, 0.2) is 0 Å². The van der Waals surface area contributed by atoms with E-state index in [0.717, 1.165) is 37.1 Å². The molecule has 0 amide bonds. The Morgan fingerprint density at radius 1 is 1.00 bits per heavy atom. The molecule has 0 aliphatic carbocycles. The Balaban J connectivity index is 1.87.